The van der Waals surface area contributed by atoms with Gasteiger partial charge in [-0.05, 0) is 49.5 Å². The van der Waals surface area contributed by atoms with Crippen LogP contribution in [0.1, 0.15) is 59.8 Å². The van der Waals surface area contributed by atoms with E-state index < -0.39 is 53.8 Å². The molecule has 0 aromatic heterocycles. The Labute approximate surface area is 205 Å². The summed E-state index contributed by atoms with van der Waals surface area (Å²) in [7, 11) is 0. The van der Waals surface area contributed by atoms with Crippen molar-refractivity contribution < 1.29 is 29.1 Å². The van der Waals surface area contributed by atoms with Gasteiger partial charge in [-0.1, -0.05) is 27.7 Å². The summed E-state index contributed by atoms with van der Waals surface area (Å²) in [6.45, 7) is 7.50. The van der Waals surface area contributed by atoms with Crippen molar-refractivity contribution in [3.8, 4) is 0 Å². The number of hydrogen-bond acceptors (Lipinski definition) is 7. The van der Waals surface area contributed by atoms with Crippen molar-refractivity contribution in [3.63, 3.8) is 0 Å². The highest BCUT2D eigenvalue weighted by Gasteiger charge is 2.31. The van der Waals surface area contributed by atoms with Crippen molar-refractivity contribution in [2.45, 2.75) is 84.0 Å². The van der Waals surface area contributed by atoms with E-state index in [9.17, 15) is 29.1 Å². The number of carboxylic acids is 1. The minimum atomic E-state index is -1.33. The summed E-state index contributed by atoms with van der Waals surface area (Å²) < 4.78 is 0. The molecule has 34 heavy (non-hydrogen) atoms. The molecule has 0 saturated heterocycles. The number of hydrogen-bond donors (Lipinski definition) is 6. The predicted molar refractivity (Wildman–Crippen MR) is 132 cm³/mol. The Morgan fingerprint density at radius 1 is 0.794 bits per heavy atom. The smallest absolute Gasteiger partial charge is 0.326 e. The summed E-state index contributed by atoms with van der Waals surface area (Å²) in [5.41, 5.74) is 11.0. The number of carbonyl (C=O) groups excluding carboxylic acids is 4. The zero-order valence-electron chi connectivity index (χ0n) is 20.8. The molecule has 0 aliphatic heterocycles. The van der Waals surface area contributed by atoms with E-state index in [1.54, 1.807) is 11.8 Å². The maximum Gasteiger partial charge on any atom is 0.326 e. The second kappa shape index (κ2) is 16.3. The Morgan fingerprint density at radius 2 is 1.24 bits per heavy atom. The van der Waals surface area contributed by atoms with Crippen LogP contribution in [-0.4, -0.2) is 70.9 Å². The van der Waals surface area contributed by atoms with E-state index in [-0.39, 0.29) is 31.1 Å². The number of aliphatic carboxylic acids is 1. The molecule has 8 N–H and O–H groups in total. The Balaban J connectivity index is 5.46. The second-order valence-electron chi connectivity index (χ2n) is 9.17. The van der Waals surface area contributed by atoms with E-state index in [1.165, 1.54) is 0 Å². The second-order valence-corrected chi connectivity index (χ2v) is 10.2. The van der Waals surface area contributed by atoms with Crippen LogP contribution in [0.4, 0.5) is 0 Å². The average molecular weight is 504 g/mol. The van der Waals surface area contributed by atoms with Crippen LogP contribution in [0.25, 0.3) is 0 Å². The molecular weight excluding hydrogens is 462 g/mol. The molecule has 0 radical (unpaired) electrons. The first-order valence-electron chi connectivity index (χ1n) is 11.4. The first kappa shape index (κ1) is 31.7. The van der Waals surface area contributed by atoms with Gasteiger partial charge < -0.3 is 32.5 Å². The van der Waals surface area contributed by atoms with Crippen molar-refractivity contribution in [2.24, 2.45) is 23.3 Å². The first-order chi connectivity index (χ1) is 15.8. The van der Waals surface area contributed by atoms with E-state index in [0.717, 1.165) is 0 Å². The van der Waals surface area contributed by atoms with Crippen molar-refractivity contribution in [1.82, 2.24) is 16.0 Å². The normalized spacial score (nSPS) is 14.7. The number of nitrogens with one attached hydrogen (secondary N) is 3. The van der Waals surface area contributed by atoms with E-state index in [2.05, 4.69) is 16.0 Å². The molecule has 0 heterocycles. The lowest BCUT2D eigenvalue weighted by Crippen LogP contribution is -2.57. The van der Waals surface area contributed by atoms with E-state index in [0.29, 0.717) is 18.6 Å². The Hall–Kier alpha value is -2.34. The molecule has 4 atom stereocenters. The number of thioether (sulfide) groups is 1. The zero-order chi connectivity index (χ0) is 26.4. The summed E-state index contributed by atoms with van der Waals surface area (Å²) in [6.07, 6.45) is 2.57. The molecule has 0 bridgehead atoms. The molecule has 0 spiro atoms. The molecule has 0 aromatic rings. The molecule has 0 rings (SSSR count). The van der Waals surface area contributed by atoms with Crippen LogP contribution in [0, 0.1) is 11.8 Å². The van der Waals surface area contributed by atoms with Crippen LogP contribution in [0.5, 0.6) is 0 Å². The van der Waals surface area contributed by atoms with Gasteiger partial charge in [0.2, 0.25) is 23.6 Å². The van der Waals surface area contributed by atoms with Crippen LogP contribution in [0.15, 0.2) is 0 Å². The van der Waals surface area contributed by atoms with Gasteiger partial charge in [-0.3, -0.25) is 19.2 Å². The summed E-state index contributed by atoms with van der Waals surface area (Å²) in [4.78, 5) is 60.9. The van der Waals surface area contributed by atoms with Crippen molar-refractivity contribution in [1.29, 1.82) is 0 Å². The minimum Gasteiger partial charge on any atom is -0.480 e. The molecule has 0 aromatic carbocycles. The molecule has 12 heteroatoms. The molecule has 0 saturated carbocycles. The van der Waals surface area contributed by atoms with Gasteiger partial charge in [-0.15, -0.1) is 0 Å². The van der Waals surface area contributed by atoms with Gasteiger partial charge in [0.25, 0.3) is 0 Å². The van der Waals surface area contributed by atoms with Crippen molar-refractivity contribution in [3.05, 3.63) is 0 Å². The predicted octanol–water partition coefficient (Wildman–Crippen LogP) is -0.0365. The maximum atomic E-state index is 13.1. The highest BCUT2D eigenvalue weighted by atomic mass is 32.2. The number of carbonyl (C=O) groups is 5. The lowest BCUT2D eigenvalue weighted by atomic mass is 9.99. The Morgan fingerprint density at radius 3 is 1.62 bits per heavy atom. The van der Waals surface area contributed by atoms with Gasteiger partial charge in [0, 0.05) is 6.42 Å². The first-order valence-corrected chi connectivity index (χ1v) is 12.8. The number of amides is 4. The van der Waals surface area contributed by atoms with Crippen LogP contribution in [-0.2, 0) is 24.0 Å². The van der Waals surface area contributed by atoms with E-state index >= 15 is 0 Å². The fourth-order valence-corrected chi connectivity index (χ4v) is 3.64. The lowest BCUT2D eigenvalue weighted by Gasteiger charge is -2.26. The zero-order valence-corrected chi connectivity index (χ0v) is 21.6. The quantitative estimate of drug-likeness (QED) is 0.159. The molecule has 0 aliphatic carbocycles. The molecular formula is C22H41N5O6S. The number of nitrogens with two attached hydrogens (primary N) is 2. The highest BCUT2D eigenvalue weighted by molar-refractivity contribution is 7.98. The third-order valence-corrected chi connectivity index (χ3v) is 5.59. The van der Waals surface area contributed by atoms with E-state index in [4.69, 9.17) is 11.5 Å². The van der Waals surface area contributed by atoms with Crippen LogP contribution in [0.2, 0.25) is 0 Å². The number of carboxylic acid groups (broad SMARTS) is 1. The molecule has 0 fully saturated rings. The standard InChI is InChI=1S/C22H41N5O6S/c1-12(2)10-16(26-19(29)14(23)8-9-34-5)21(31)27-17(11-13(3)4)20(30)25-15(22(32)33)6-7-18(24)28/h12-17H,6-11,23H2,1-5H3,(H2,24,28)(H,25,30)(H,26,29)(H,27,31)(H,32,33). The van der Waals surface area contributed by atoms with Gasteiger partial charge in [-0.2, -0.15) is 11.8 Å². The molecule has 11 nitrogen and oxygen atoms in total. The summed E-state index contributed by atoms with van der Waals surface area (Å²) in [5.74, 6) is -2.91. The number of primary amides is 1. The van der Waals surface area contributed by atoms with Crippen molar-refractivity contribution >= 4 is 41.4 Å². The number of rotatable bonds is 17. The third-order valence-electron chi connectivity index (χ3n) is 4.94. The summed E-state index contributed by atoms with van der Waals surface area (Å²) >= 11 is 1.56. The van der Waals surface area contributed by atoms with Crippen molar-refractivity contribution in [2.75, 3.05) is 12.0 Å². The van der Waals surface area contributed by atoms with Crippen LogP contribution >= 0.6 is 11.8 Å². The SMILES string of the molecule is CSCCC(N)C(=O)NC(CC(C)C)C(=O)NC(CC(C)C)C(=O)NC(CCC(N)=O)C(=O)O. The van der Waals surface area contributed by atoms with Crippen LogP contribution in [0.3, 0.4) is 0 Å². The van der Waals surface area contributed by atoms with Crippen LogP contribution < -0.4 is 27.4 Å². The highest BCUT2D eigenvalue weighted by Crippen LogP contribution is 2.10. The van der Waals surface area contributed by atoms with E-state index in [1.807, 2.05) is 34.0 Å². The molecule has 0 aliphatic rings. The lowest BCUT2D eigenvalue weighted by molar-refractivity contribution is -0.142. The summed E-state index contributed by atoms with van der Waals surface area (Å²) in [6, 6.07) is -4.02. The molecule has 4 amide bonds. The summed E-state index contributed by atoms with van der Waals surface area (Å²) in [5, 5.41) is 17.1. The minimum absolute atomic E-state index is 0.00283. The largest absolute Gasteiger partial charge is 0.480 e. The fourth-order valence-electron chi connectivity index (χ4n) is 3.15. The van der Waals surface area contributed by atoms with Gasteiger partial charge in [-0.25, -0.2) is 4.79 Å². The Kier molecular flexibility index (Phi) is 15.2. The van der Waals surface area contributed by atoms with Gasteiger partial charge >= 0.3 is 5.97 Å². The Bertz CT molecular complexity index is 703. The topological polar surface area (TPSA) is 194 Å². The molecule has 4 unspecified atom stereocenters. The average Bonchev–Trinajstić information content (AvgIpc) is 2.72. The monoisotopic (exact) mass is 503 g/mol. The maximum absolute atomic E-state index is 13.1. The molecule has 196 valence electrons. The fraction of sp³-hybridized carbons (Fsp3) is 0.773. The van der Waals surface area contributed by atoms with Gasteiger partial charge in [0.15, 0.2) is 0 Å². The van der Waals surface area contributed by atoms with Gasteiger partial charge in [0.1, 0.15) is 18.1 Å². The van der Waals surface area contributed by atoms with Gasteiger partial charge in [0.05, 0.1) is 6.04 Å². The third kappa shape index (κ3) is 13.4.